The van der Waals surface area contributed by atoms with E-state index in [9.17, 15) is 14.4 Å². The second-order valence-electron chi connectivity index (χ2n) is 7.07. The maximum Gasteiger partial charge on any atom is 0.305 e. The molecule has 1 aromatic carbocycles. The monoisotopic (exact) mass is 357 g/mol. The topological polar surface area (TPSA) is 101 Å². The zero-order chi connectivity index (χ0) is 18.7. The predicted octanol–water partition coefficient (Wildman–Crippen LogP) is 2.00. The highest BCUT2D eigenvalue weighted by atomic mass is 16.4. The van der Waals surface area contributed by atoms with Crippen LogP contribution in [0, 0.1) is 6.92 Å². The molecule has 138 valence electrons. The lowest BCUT2D eigenvalue weighted by Gasteiger charge is -2.28. The predicted molar refractivity (Wildman–Crippen MR) is 97.0 cm³/mol. The van der Waals surface area contributed by atoms with Crippen molar-refractivity contribution in [2.45, 2.75) is 57.5 Å². The number of para-hydroxylation sites is 1. The van der Waals surface area contributed by atoms with Crippen molar-refractivity contribution < 1.29 is 14.7 Å². The Balaban J connectivity index is 1.70. The van der Waals surface area contributed by atoms with Gasteiger partial charge in [-0.2, -0.15) is 0 Å². The largest absolute Gasteiger partial charge is 0.481 e. The summed E-state index contributed by atoms with van der Waals surface area (Å²) in [5, 5.41) is 12.6. The van der Waals surface area contributed by atoms with Gasteiger partial charge in [0.05, 0.1) is 29.2 Å². The number of nitrogens with zero attached hydrogens (tertiary/aromatic N) is 2. The van der Waals surface area contributed by atoms with E-state index >= 15 is 0 Å². The van der Waals surface area contributed by atoms with Gasteiger partial charge in [-0.05, 0) is 31.4 Å². The first-order valence-electron chi connectivity index (χ1n) is 8.88. The third kappa shape index (κ3) is 3.76. The van der Waals surface area contributed by atoms with Gasteiger partial charge < -0.3 is 10.4 Å². The number of fused-ring (bicyclic) bond motifs is 1. The van der Waals surface area contributed by atoms with Gasteiger partial charge in [0.2, 0.25) is 5.91 Å². The summed E-state index contributed by atoms with van der Waals surface area (Å²) in [7, 11) is 0. The molecule has 0 aliphatic heterocycles. The standard InChI is InChI=1S/C19H23N3O4/c1-13-5-4-6-14-17(13)20-12-22(18(14)26)10-7-15(23)21-19(11-16(24)25)8-2-3-9-19/h4-6,12H,2-3,7-11H2,1H3,(H,21,23)(H,24,25). The van der Waals surface area contributed by atoms with Crippen LogP contribution in [0.1, 0.15) is 44.1 Å². The molecular weight excluding hydrogens is 334 g/mol. The van der Waals surface area contributed by atoms with Crippen molar-refractivity contribution in [1.82, 2.24) is 14.9 Å². The summed E-state index contributed by atoms with van der Waals surface area (Å²) >= 11 is 0. The van der Waals surface area contributed by atoms with Gasteiger partial charge in [0.25, 0.3) is 5.56 Å². The van der Waals surface area contributed by atoms with Gasteiger partial charge in [0.15, 0.2) is 0 Å². The van der Waals surface area contributed by atoms with Crippen molar-refractivity contribution in [2.24, 2.45) is 0 Å². The Morgan fingerprint density at radius 2 is 2.04 bits per heavy atom. The summed E-state index contributed by atoms with van der Waals surface area (Å²) in [6, 6.07) is 5.44. The molecule has 1 aliphatic carbocycles. The molecule has 7 nitrogen and oxygen atoms in total. The molecule has 1 aromatic heterocycles. The maximum absolute atomic E-state index is 12.6. The van der Waals surface area contributed by atoms with Crippen LogP contribution in [0.15, 0.2) is 29.3 Å². The molecule has 0 saturated heterocycles. The summed E-state index contributed by atoms with van der Waals surface area (Å²) in [5.41, 5.74) is 0.783. The normalized spacial score (nSPS) is 15.9. The second-order valence-corrected chi connectivity index (χ2v) is 7.07. The highest BCUT2D eigenvalue weighted by Crippen LogP contribution is 2.32. The van der Waals surface area contributed by atoms with Crippen molar-refractivity contribution in [1.29, 1.82) is 0 Å². The van der Waals surface area contributed by atoms with Crippen molar-refractivity contribution in [3.63, 3.8) is 0 Å². The van der Waals surface area contributed by atoms with Crippen molar-refractivity contribution in [3.05, 3.63) is 40.4 Å². The van der Waals surface area contributed by atoms with E-state index in [0.717, 1.165) is 18.4 Å². The molecule has 2 aromatic rings. The number of carbonyl (C=O) groups excluding carboxylic acids is 1. The van der Waals surface area contributed by atoms with Crippen LogP contribution in [0.4, 0.5) is 0 Å². The number of carbonyl (C=O) groups is 2. The van der Waals surface area contributed by atoms with E-state index in [0.29, 0.717) is 23.7 Å². The number of aliphatic carboxylic acids is 1. The van der Waals surface area contributed by atoms with E-state index < -0.39 is 11.5 Å². The van der Waals surface area contributed by atoms with Gasteiger partial charge in [0, 0.05) is 13.0 Å². The van der Waals surface area contributed by atoms with Gasteiger partial charge >= 0.3 is 5.97 Å². The molecule has 0 unspecified atom stereocenters. The molecule has 1 fully saturated rings. The molecule has 1 amide bonds. The molecule has 26 heavy (non-hydrogen) atoms. The second kappa shape index (κ2) is 7.27. The first-order valence-corrected chi connectivity index (χ1v) is 8.88. The Kier molecular flexibility index (Phi) is 5.06. The van der Waals surface area contributed by atoms with E-state index in [1.165, 1.54) is 10.9 Å². The molecule has 0 atom stereocenters. The van der Waals surface area contributed by atoms with Crippen LogP contribution in [0.25, 0.3) is 10.9 Å². The fourth-order valence-corrected chi connectivity index (χ4v) is 3.76. The van der Waals surface area contributed by atoms with Crippen LogP contribution >= 0.6 is 0 Å². The highest BCUT2D eigenvalue weighted by molar-refractivity contribution is 5.80. The Labute approximate surface area is 151 Å². The number of aryl methyl sites for hydroxylation is 2. The highest BCUT2D eigenvalue weighted by Gasteiger charge is 2.37. The quantitative estimate of drug-likeness (QED) is 0.823. The molecule has 2 N–H and O–H groups in total. The van der Waals surface area contributed by atoms with Gasteiger partial charge in [0.1, 0.15) is 0 Å². The third-order valence-corrected chi connectivity index (χ3v) is 5.09. The molecule has 0 radical (unpaired) electrons. The number of nitrogens with one attached hydrogen (secondary N) is 1. The number of carboxylic acid groups (broad SMARTS) is 1. The number of carboxylic acids is 1. The van der Waals surface area contributed by atoms with Crippen LogP contribution in [-0.2, 0) is 16.1 Å². The van der Waals surface area contributed by atoms with Gasteiger partial charge in [-0.1, -0.05) is 25.0 Å². The van der Waals surface area contributed by atoms with Crippen LogP contribution in [0.3, 0.4) is 0 Å². The lowest BCUT2D eigenvalue weighted by molar-refractivity contribution is -0.139. The number of hydrogen-bond donors (Lipinski definition) is 2. The summed E-state index contributed by atoms with van der Waals surface area (Å²) in [6.45, 7) is 2.11. The smallest absolute Gasteiger partial charge is 0.305 e. The first kappa shape index (κ1) is 18.1. The first-order chi connectivity index (χ1) is 12.4. The van der Waals surface area contributed by atoms with E-state index in [2.05, 4.69) is 10.3 Å². The molecule has 1 saturated carbocycles. The SMILES string of the molecule is Cc1cccc2c(=O)n(CCC(=O)NC3(CC(=O)O)CCCC3)cnc12. The zero-order valence-electron chi connectivity index (χ0n) is 14.8. The number of hydrogen-bond acceptors (Lipinski definition) is 4. The molecule has 7 heteroatoms. The average molecular weight is 357 g/mol. The van der Waals surface area contributed by atoms with E-state index in [1.54, 1.807) is 6.07 Å². The minimum absolute atomic E-state index is 0.0600. The Bertz CT molecular complexity index is 897. The molecule has 1 heterocycles. The van der Waals surface area contributed by atoms with Crippen molar-refractivity contribution in [3.8, 4) is 0 Å². The molecule has 0 bridgehead atoms. The average Bonchev–Trinajstić information content (AvgIpc) is 3.02. The number of aromatic nitrogens is 2. The number of rotatable bonds is 6. The van der Waals surface area contributed by atoms with E-state index in [1.807, 2.05) is 19.1 Å². The summed E-state index contributed by atoms with van der Waals surface area (Å²) in [4.78, 5) is 40.4. The molecular formula is C19H23N3O4. The molecule has 1 aliphatic rings. The zero-order valence-corrected chi connectivity index (χ0v) is 14.8. The Morgan fingerprint density at radius 3 is 2.73 bits per heavy atom. The van der Waals surface area contributed by atoms with E-state index in [-0.39, 0.29) is 30.9 Å². The Morgan fingerprint density at radius 1 is 1.31 bits per heavy atom. The van der Waals surface area contributed by atoms with Crippen molar-refractivity contribution in [2.75, 3.05) is 0 Å². The lowest BCUT2D eigenvalue weighted by Crippen LogP contribution is -2.48. The number of benzene rings is 1. The van der Waals surface area contributed by atoms with Crippen LogP contribution < -0.4 is 10.9 Å². The third-order valence-electron chi connectivity index (χ3n) is 5.09. The van der Waals surface area contributed by atoms with Crippen LogP contribution in [0.5, 0.6) is 0 Å². The lowest BCUT2D eigenvalue weighted by atomic mass is 9.93. The fourth-order valence-electron chi connectivity index (χ4n) is 3.76. The molecule has 0 spiro atoms. The minimum Gasteiger partial charge on any atom is -0.481 e. The number of amides is 1. The molecule has 3 rings (SSSR count). The van der Waals surface area contributed by atoms with Crippen LogP contribution in [0.2, 0.25) is 0 Å². The van der Waals surface area contributed by atoms with Gasteiger partial charge in [-0.25, -0.2) is 4.98 Å². The minimum atomic E-state index is -0.905. The van der Waals surface area contributed by atoms with Gasteiger partial charge in [-0.15, -0.1) is 0 Å². The fraction of sp³-hybridized carbons (Fsp3) is 0.474. The van der Waals surface area contributed by atoms with E-state index in [4.69, 9.17) is 5.11 Å². The van der Waals surface area contributed by atoms with Crippen LogP contribution in [-0.4, -0.2) is 32.1 Å². The van der Waals surface area contributed by atoms with Crippen molar-refractivity contribution >= 4 is 22.8 Å². The Hall–Kier alpha value is -2.70. The summed E-state index contributed by atoms with van der Waals surface area (Å²) in [6.07, 6.45) is 4.72. The summed E-state index contributed by atoms with van der Waals surface area (Å²) in [5.74, 6) is -1.14. The summed E-state index contributed by atoms with van der Waals surface area (Å²) < 4.78 is 1.43. The van der Waals surface area contributed by atoms with Gasteiger partial charge in [-0.3, -0.25) is 19.0 Å². The maximum atomic E-state index is 12.6.